The van der Waals surface area contributed by atoms with Crippen molar-refractivity contribution in [2.24, 2.45) is 0 Å². The standard InChI is InChI=1S/C19H15ClN6/c20-15-8-6-14(7-9-15)18-12-22-26-19(23-18)21-11-16-10-17(25-24-16)13-4-2-1-3-5-13/h1-10,12H,11H2,(H,24,25)(H,21,23,26). The first-order valence-corrected chi connectivity index (χ1v) is 8.45. The van der Waals surface area contributed by atoms with Crippen molar-refractivity contribution >= 4 is 17.5 Å². The SMILES string of the molecule is Clc1ccc(-c2cnnc(NCc3cc(-c4ccccc4)[nH]n3)n2)cc1. The third-order valence-electron chi connectivity index (χ3n) is 3.84. The lowest BCUT2D eigenvalue weighted by molar-refractivity contribution is 0.923. The number of rotatable bonds is 5. The zero-order valence-electron chi connectivity index (χ0n) is 13.7. The van der Waals surface area contributed by atoms with Crippen LogP contribution in [0.1, 0.15) is 5.69 Å². The van der Waals surface area contributed by atoms with Crippen molar-refractivity contribution in [1.29, 1.82) is 0 Å². The van der Waals surface area contributed by atoms with Crippen LogP contribution in [0.2, 0.25) is 5.02 Å². The average molecular weight is 363 g/mol. The van der Waals surface area contributed by atoms with E-state index in [9.17, 15) is 0 Å². The molecule has 0 aliphatic carbocycles. The number of hydrogen-bond donors (Lipinski definition) is 2. The molecule has 128 valence electrons. The number of H-pyrrole nitrogens is 1. The van der Waals surface area contributed by atoms with Gasteiger partial charge in [-0.15, -0.1) is 5.10 Å². The van der Waals surface area contributed by atoms with Crippen molar-refractivity contribution in [2.75, 3.05) is 5.32 Å². The summed E-state index contributed by atoms with van der Waals surface area (Å²) in [5, 5.41) is 19.2. The molecule has 2 N–H and O–H groups in total. The first-order valence-electron chi connectivity index (χ1n) is 8.07. The van der Waals surface area contributed by atoms with E-state index in [0.717, 1.165) is 28.2 Å². The second kappa shape index (κ2) is 7.33. The Balaban J connectivity index is 1.46. The lowest BCUT2D eigenvalue weighted by Crippen LogP contribution is -2.05. The Hall–Kier alpha value is -3.25. The van der Waals surface area contributed by atoms with Crippen LogP contribution in [0.15, 0.2) is 66.9 Å². The minimum Gasteiger partial charge on any atom is -0.347 e. The molecule has 2 aromatic heterocycles. The highest BCUT2D eigenvalue weighted by Crippen LogP contribution is 2.20. The fraction of sp³-hybridized carbons (Fsp3) is 0.0526. The smallest absolute Gasteiger partial charge is 0.243 e. The van der Waals surface area contributed by atoms with E-state index in [0.29, 0.717) is 17.5 Å². The van der Waals surface area contributed by atoms with E-state index in [1.54, 1.807) is 6.20 Å². The molecule has 2 heterocycles. The van der Waals surface area contributed by atoms with E-state index in [1.807, 2.05) is 60.7 Å². The van der Waals surface area contributed by atoms with Gasteiger partial charge in [-0.25, -0.2) is 4.98 Å². The van der Waals surface area contributed by atoms with E-state index in [1.165, 1.54) is 0 Å². The van der Waals surface area contributed by atoms with Crippen LogP contribution in [0.5, 0.6) is 0 Å². The number of aromatic amines is 1. The molecule has 0 unspecified atom stereocenters. The van der Waals surface area contributed by atoms with Crippen LogP contribution in [0, 0.1) is 0 Å². The zero-order valence-corrected chi connectivity index (χ0v) is 14.5. The fourth-order valence-electron chi connectivity index (χ4n) is 2.53. The molecule has 0 amide bonds. The molecule has 0 spiro atoms. The molecule has 0 fully saturated rings. The average Bonchev–Trinajstić information content (AvgIpc) is 3.17. The van der Waals surface area contributed by atoms with Gasteiger partial charge in [-0.2, -0.15) is 10.2 Å². The van der Waals surface area contributed by atoms with E-state index >= 15 is 0 Å². The molecular formula is C19H15ClN6. The van der Waals surface area contributed by atoms with Gasteiger partial charge in [0, 0.05) is 10.6 Å². The van der Waals surface area contributed by atoms with E-state index < -0.39 is 0 Å². The van der Waals surface area contributed by atoms with Gasteiger partial charge in [0.1, 0.15) is 0 Å². The van der Waals surface area contributed by atoms with Gasteiger partial charge in [-0.3, -0.25) is 5.10 Å². The molecule has 2 aromatic carbocycles. The number of benzene rings is 2. The monoisotopic (exact) mass is 362 g/mol. The minimum atomic E-state index is 0.446. The lowest BCUT2D eigenvalue weighted by atomic mass is 10.1. The van der Waals surface area contributed by atoms with Crippen molar-refractivity contribution in [1.82, 2.24) is 25.4 Å². The molecular weight excluding hydrogens is 348 g/mol. The summed E-state index contributed by atoms with van der Waals surface area (Å²) in [5.74, 6) is 0.446. The van der Waals surface area contributed by atoms with Gasteiger partial charge >= 0.3 is 0 Å². The maximum atomic E-state index is 5.92. The van der Waals surface area contributed by atoms with Crippen LogP contribution in [0.4, 0.5) is 5.95 Å². The number of nitrogens with one attached hydrogen (secondary N) is 2. The second-order valence-electron chi connectivity index (χ2n) is 5.66. The van der Waals surface area contributed by atoms with Crippen molar-refractivity contribution in [3.05, 3.63) is 77.6 Å². The van der Waals surface area contributed by atoms with Gasteiger partial charge in [0.05, 0.1) is 29.8 Å². The number of hydrogen-bond acceptors (Lipinski definition) is 5. The van der Waals surface area contributed by atoms with Crippen LogP contribution >= 0.6 is 11.6 Å². The first kappa shape index (κ1) is 16.2. The molecule has 0 radical (unpaired) electrons. The summed E-state index contributed by atoms with van der Waals surface area (Å²) in [4.78, 5) is 4.49. The largest absolute Gasteiger partial charge is 0.347 e. The number of anilines is 1. The van der Waals surface area contributed by atoms with Gasteiger partial charge < -0.3 is 5.32 Å². The third kappa shape index (κ3) is 3.70. The van der Waals surface area contributed by atoms with Crippen LogP contribution in [-0.2, 0) is 6.54 Å². The maximum absolute atomic E-state index is 5.92. The number of nitrogens with zero attached hydrogens (tertiary/aromatic N) is 4. The number of aromatic nitrogens is 5. The normalized spacial score (nSPS) is 10.7. The molecule has 4 rings (SSSR count). The van der Waals surface area contributed by atoms with Gasteiger partial charge in [0.25, 0.3) is 0 Å². The summed E-state index contributed by atoms with van der Waals surface area (Å²) in [5.41, 5.74) is 4.58. The Kier molecular flexibility index (Phi) is 4.57. The molecule has 7 heteroatoms. The predicted octanol–water partition coefficient (Wildman–Crippen LogP) is 4.19. The first-order chi connectivity index (χ1) is 12.8. The Morgan fingerprint density at radius 2 is 1.77 bits per heavy atom. The van der Waals surface area contributed by atoms with Gasteiger partial charge in [0.2, 0.25) is 5.95 Å². The van der Waals surface area contributed by atoms with Crippen LogP contribution < -0.4 is 5.32 Å². The highest BCUT2D eigenvalue weighted by Gasteiger charge is 2.06. The summed E-state index contributed by atoms with van der Waals surface area (Å²) in [6, 6.07) is 19.5. The van der Waals surface area contributed by atoms with E-state index in [2.05, 4.69) is 30.7 Å². The van der Waals surface area contributed by atoms with Gasteiger partial charge in [-0.05, 0) is 23.8 Å². The van der Waals surface area contributed by atoms with Crippen LogP contribution in [-0.4, -0.2) is 25.4 Å². The lowest BCUT2D eigenvalue weighted by Gasteiger charge is -2.04. The van der Waals surface area contributed by atoms with Crippen molar-refractivity contribution in [3.8, 4) is 22.5 Å². The van der Waals surface area contributed by atoms with Crippen LogP contribution in [0.25, 0.3) is 22.5 Å². The zero-order chi connectivity index (χ0) is 17.8. The second-order valence-corrected chi connectivity index (χ2v) is 6.10. The summed E-state index contributed by atoms with van der Waals surface area (Å²) in [7, 11) is 0. The summed E-state index contributed by atoms with van der Waals surface area (Å²) >= 11 is 5.92. The molecule has 26 heavy (non-hydrogen) atoms. The highest BCUT2D eigenvalue weighted by molar-refractivity contribution is 6.30. The molecule has 0 atom stereocenters. The molecule has 0 bridgehead atoms. The summed E-state index contributed by atoms with van der Waals surface area (Å²) < 4.78 is 0. The van der Waals surface area contributed by atoms with E-state index in [4.69, 9.17) is 11.6 Å². The number of halogens is 1. The highest BCUT2D eigenvalue weighted by atomic mass is 35.5. The minimum absolute atomic E-state index is 0.446. The van der Waals surface area contributed by atoms with E-state index in [-0.39, 0.29) is 0 Å². The fourth-order valence-corrected chi connectivity index (χ4v) is 2.65. The quantitative estimate of drug-likeness (QED) is 0.556. The Morgan fingerprint density at radius 3 is 2.58 bits per heavy atom. The molecule has 0 saturated heterocycles. The predicted molar refractivity (Wildman–Crippen MR) is 102 cm³/mol. The molecule has 0 aliphatic heterocycles. The van der Waals surface area contributed by atoms with Gasteiger partial charge in [0.15, 0.2) is 0 Å². The maximum Gasteiger partial charge on any atom is 0.243 e. The van der Waals surface area contributed by atoms with Crippen LogP contribution in [0.3, 0.4) is 0 Å². The Labute approximate surface area is 155 Å². The summed E-state index contributed by atoms with van der Waals surface area (Å²) in [6.45, 7) is 0.495. The molecule has 0 saturated carbocycles. The van der Waals surface area contributed by atoms with Crippen molar-refractivity contribution in [3.63, 3.8) is 0 Å². The van der Waals surface area contributed by atoms with Crippen molar-refractivity contribution in [2.45, 2.75) is 6.54 Å². The third-order valence-corrected chi connectivity index (χ3v) is 4.09. The van der Waals surface area contributed by atoms with Crippen molar-refractivity contribution < 1.29 is 0 Å². The molecule has 0 aliphatic rings. The van der Waals surface area contributed by atoms with Gasteiger partial charge in [-0.1, -0.05) is 54.1 Å². The Bertz CT molecular complexity index is 998. The topological polar surface area (TPSA) is 79.4 Å². The summed E-state index contributed by atoms with van der Waals surface area (Å²) in [6.07, 6.45) is 1.62. The Morgan fingerprint density at radius 1 is 0.962 bits per heavy atom. The molecule has 4 aromatic rings. The molecule has 6 nitrogen and oxygen atoms in total.